The van der Waals surface area contributed by atoms with Gasteiger partial charge in [0.15, 0.2) is 0 Å². The standard InChI is InChI=1S/C13H12F3N3O/c1-17-6-10-7-19-12(8-18-10)20-11-4-2-3-9(5-11)13(14,15)16/h2-5,7-8,17H,6H2,1H3. The van der Waals surface area contributed by atoms with Crippen LogP contribution in [0.15, 0.2) is 36.7 Å². The first-order valence-corrected chi connectivity index (χ1v) is 5.79. The first-order valence-electron chi connectivity index (χ1n) is 5.79. The van der Waals surface area contributed by atoms with E-state index in [-0.39, 0.29) is 11.6 Å². The Morgan fingerprint density at radius 3 is 2.60 bits per heavy atom. The molecule has 0 aliphatic carbocycles. The second-order valence-corrected chi connectivity index (χ2v) is 4.00. The van der Waals surface area contributed by atoms with Crippen molar-refractivity contribution in [3.8, 4) is 11.6 Å². The first kappa shape index (κ1) is 14.3. The van der Waals surface area contributed by atoms with Crippen molar-refractivity contribution >= 4 is 0 Å². The maximum Gasteiger partial charge on any atom is 0.416 e. The zero-order valence-corrected chi connectivity index (χ0v) is 10.6. The molecule has 2 rings (SSSR count). The van der Waals surface area contributed by atoms with Gasteiger partial charge in [-0.25, -0.2) is 4.98 Å². The molecule has 7 heteroatoms. The molecule has 0 fully saturated rings. The molecular weight excluding hydrogens is 271 g/mol. The zero-order chi connectivity index (χ0) is 14.6. The van der Waals surface area contributed by atoms with E-state index in [4.69, 9.17) is 4.74 Å². The highest BCUT2D eigenvalue weighted by Gasteiger charge is 2.30. The summed E-state index contributed by atoms with van der Waals surface area (Å²) in [6.07, 6.45) is -1.53. The normalized spacial score (nSPS) is 11.4. The summed E-state index contributed by atoms with van der Waals surface area (Å²) in [5.41, 5.74) is -0.0568. The van der Waals surface area contributed by atoms with Gasteiger partial charge in [-0.2, -0.15) is 13.2 Å². The van der Waals surface area contributed by atoms with Gasteiger partial charge < -0.3 is 10.1 Å². The molecule has 0 atom stereocenters. The molecule has 1 N–H and O–H groups in total. The monoisotopic (exact) mass is 283 g/mol. The van der Waals surface area contributed by atoms with Gasteiger partial charge in [0.2, 0.25) is 5.88 Å². The zero-order valence-electron chi connectivity index (χ0n) is 10.6. The molecular formula is C13H12F3N3O. The second-order valence-electron chi connectivity index (χ2n) is 4.00. The molecule has 20 heavy (non-hydrogen) atoms. The molecule has 0 aliphatic heterocycles. The average Bonchev–Trinajstić information content (AvgIpc) is 2.41. The highest BCUT2D eigenvalue weighted by Crippen LogP contribution is 2.32. The van der Waals surface area contributed by atoms with Gasteiger partial charge in [0.25, 0.3) is 0 Å². The van der Waals surface area contributed by atoms with Gasteiger partial charge in [0, 0.05) is 6.54 Å². The Bertz CT molecular complexity index is 570. The molecule has 1 heterocycles. The van der Waals surface area contributed by atoms with E-state index >= 15 is 0 Å². The van der Waals surface area contributed by atoms with Gasteiger partial charge in [-0.3, -0.25) is 4.98 Å². The van der Waals surface area contributed by atoms with Crippen molar-refractivity contribution < 1.29 is 17.9 Å². The van der Waals surface area contributed by atoms with Gasteiger partial charge in [-0.1, -0.05) is 6.07 Å². The summed E-state index contributed by atoms with van der Waals surface area (Å²) in [4.78, 5) is 8.04. The van der Waals surface area contributed by atoms with Gasteiger partial charge in [-0.15, -0.1) is 0 Å². The number of alkyl halides is 3. The predicted octanol–water partition coefficient (Wildman–Crippen LogP) is 3.01. The van der Waals surface area contributed by atoms with E-state index in [0.29, 0.717) is 12.2 Å². The van der Waals surface area contributed by atoms with E-state index in [1.807, 2.05) is 0 Å². The summed E-state index contributed by atoms with van der Waals surface area (Å²) < 4.78 is 42.9. The van der Waals surface area contributed by atoms with Crippen molar-refractivity contribution in [3.63, 3.8) is 0 Å². The highest BCUT2D eigenvalue weighted by molar-refractivity contribution is 5.32. The molecule has 0 spiro atoms. The van der Waals surface area contributed by atoms with Gasteiger partial charge in [0.1, 0.15) is 5.75 Å². The summed E-state index contributed by atoms with van der Waals surface area (Å²) in [7, 11) is 1.77. The number of nitrogens with zero attached hydrogens (tertiary/aromatic N) is 2. The molecule has 106 valence electrons. The minimum Gasteiger partial charge on any atom is -0.437 e. The smallest absolute Gasteiger partial charge is 0.416 e. The lowest BCUT2D eigenvalue weighted by atomic mass is 10.2. The Kier molecular flexibility index (Phi) is 4.19. The van der Waals surface area contributed by atoms with Crippen LogP contribution in [0.2, 0.25) is 0 Å². The van der Waals surface area contributed by atoms with Crippen LogP contribution < -0.4 is 10.1 Å². The summed E-state index contributed by atoms with van der Waals surface area (Å²) in [6.45, 7) is 0.552. The maximum atomic E-state index is 12.6. The van der Waals surface area contributed by atoms with Crippen molar-refractivity contribution in [2.75, 3.05) is 7.05 Å². The molecule has 0 saturated carbocycles. The Labute approximate surface area is 113 Å². The number of hydrogen-bond donors (Lipinski definition) is 1. The van der Waals surface area contributed by atoms with Crippen molar-refractivity contribution in [1.82, 2.24) is 15.3 Å². The number of rotatable bonds is 4. The molecule has 4 nitrogen and oxygen atoms in total. The van der Waals surface area contributed by atoms with Gasteiger partial charge in [-0.05, 0) is 25.2 Å². The number of halogens is 3. The molecule has 2 aromatic rings. The molecule has 0 amide bonds. The largest absolute Gasteiger partial charge is 0.437 e. The number of benzene rings is 1. The number of hydrogen-bond acceptors (Lipinski definition) is 4. The molecule has 0 unspecified atom stereocenters. The number of nitrogens with one attached hydrogen (secondary N) is 1. The van der Waals surface area contributed by atoms with Crippen LogP contribution in [0, 0.1) is 0 Å². The van der Waals surface area contributed by atoms with E-state index in [1.165, 1.54) is 24.5 Å². The quantitative estimate of drug-likeness (QED) is 0.937. The van der Waals surface area contributed by atoms with Crippen molar-refractivity contribution in [2.45, 2.75) is 12.7 Å². The summed E-state index contributed by atoms with van der Waals surface area (Å²) in [5.74, 6) is 0.208. The van der Waals surface area contributed by atoms with E-state index in [0.717, 1.165) is 12.1 Å². The van der Waals surface area contributed by atoms with Gasteiger partial charge in [0.05, 0.1) is 23.7 Å². The SMILES string of the molecule is CNCc1cnc(Oc2cccc(C(F)(F)F)c2)cn1. The lowest BCUT2D eigenvalue weighted by molar-refractivity contribution is -0.137. The third-order valence-electron chi connectivity index (χ3n) is 2.42. The lowest BCUT2D eigenvalue weighted by Gasteiger charge is -2.09. The Hall–Kier alpha value is -2.15. The average molecular weight is 283 g/mol. The highest BCUT2D eigenvalue weighted by atomic mass is 19.4. The van der Waals surface area contributed by atoms with E-state index in [2.05, 4.69) is 15.3 Å². The molecule has 0 aliphatic rings. The third kappa shape index (κ3) is 3.67. The second kappa shape index (κ2) is 5.87. The summed E-state index contributed by atoms with van der Waals surface area (Å²) in [6, 6.07) is 4.61. The fourth-order valence-corrected chi connectivity index (χ4v) is 1.52. The molecule has 0 bridgehead atoms. The van der Waals surface area contributed by atoms with Gasteiger partial charge >= 0.3 is 6.18 Å². The maximum absolute atomic E-state index is 12.6. The molecule has 1 aromatic carbocycles. The summed E-state index contributed by atoms with van der Waals surface area (Å²) in [5, 5.41) is 2.91. The van der Waals surface area contributed by atoms with Crippen LogP contribution in [-0.2, 0) is 12.7 Å². The van der Waals surface area contributed by atoms with Crippen molar-refractivity contribution in [3.05, 3.63) is 47.9 Å². The first-order chi connectivity index (χ1) is 9.49. The molecule has 1 aromatic heterocycles. The number of ether oxygens (including phenoxy) is 1. The topological polar surface area (TPSA) is 47.0 Å². The van der Waals surface area contributed by atoms with Crippen LogP contribution in [0.4, 0.5) is 13.2 Å². The van der Waals surface area contributed by atoms with Crippen LogP contribution >= 0.6 is 0 Å². The predicted molar refractivity (Wildman–Crippen MR) is 66.3 cm³/mol. The van der Waals surface area contributed by atoms with Crippen LogP contribution in [0.5, 0.6) is 11.6 Å². The van der Waals surface area contributed by atoms with Crippen LogP contribution in [0.25, 0.3) is 0 Å². The minimum atomic E-state index is -4.40. The fraction of sp³-hybridized carbons (Fsp3) is 0.231. The van der Waals surface area contributed by atoms with E-state index < -0.39 is 11.7 Å². The number of aromatic nitrogens is 2. The van der Waals surface area contributed by atoms with Crippen LogP contribution in [0.1, 0.15) is 11.3 Å². The van der Waals surface area contributed by atoms with E-state index in [9.17, 15) is 13.2 Å². The Morgan fingerprint density at radius 2 is 2.00 bits per heavy atom. The fourth-order valence-electron chi connectivity index (χ4n) is 1.52. The Morgan fingerprint density at radius 1 is 1.20 bits per heavy atom. The molecule has 0 radical (unpaired) electrons. The third-order valence-corrected chi connectivity index (χ3v) is 2.42. The van der Waals surface area contributed by atoms with Crippen molar-refractivity contribution in [2.24, 2.45) is 0 Å². The Balaban J connectivity index is 2.13. The minimum absolute atomic E-state index is 0.0653. The summed E-state index contributed by atoms with van der Waals surface area (Å²) >= 11 is 0. The lowest BCUT2D eigenvalue weighted by Crippen LogP contribution is -2.07. The van der Waals surface area contributed by atoms with Crippen LogP contribution in [-0.4, -0.2) is 17.0 Å². The van der Waals surface area contributed by atoms with Crippen LogP contribution in [0.3, 0.4) is 0 Å². The molecule has 0 saturated heterocycles. The van der Waals surface area contributed by atoms with E-state index in [1.54, 1.807) is 7.05 Å². The van der Waals surface area contributed by atoms with Crippen molar-refractivity contribution in [1.29, 1.82) is 0 Å².